The average molecular weight is 285 g/mol. The maximum atomic E-state index is 11.1. The number of nitrogens with zero attached hydrogens (tertiary/aromatic N) is 1. The first-order valence-corrected chi connectivity index (χ1v) is 7.36. The number of hydrogen-bond acceptors (Lipinski definition) is 2. The van der Waals surface area contributed by atoms with Crippen LogP contribution in [0.15, 0.2) is 36.5 Å². The fourth-order valence-electron chi connectivity index (χ4n) is 2.35. The summed E-state index contributed by atoms with van der Waals surface area (Å²) in [5, 5.41) is 6.27. The number of carbonyl (C=O) groups is 1. The van der Waals surface area contributed by atoms with E-state index in [0.29, 0.717) is 0 Å². The van der Waals surface area contributed by atoms with E-state index in [1.54, 1.807) is 0 Å². The first-order chi connectivity index (χ1) is 10.1. The van der Waals surface area contributed by atoms with E-state index in [-0.39, 0.29) is 5.91 Å². The first kappa shape index (κ1) is 15.2. The van der Waals surface area contributed by atoms with E-state index in [2.05, 4.69) is 47.4 Å². The standard InChI is InChI=1S/C17H23N3O/c1-4-9-20-10-5-6-16(20)12-18-17-11-15(19-14(3)21)8-7-13(17)2/h5-8,10-11,18H,4,9,12H2,1-3H3,(H,19,21). The van der Waals surface area contributed by atoms with Crippen LogP contribution in [0.4, 0.5) is 11.4 Å². The lowest BCUT2D eigenvalue weighted by Gasteiger charge is -2.13. The van der Waals surface area contributed by atoms with Crippen molar-refractivity contribution in [2.75, 3.05) is 10.6 Å². The van der Waals surface area contributed by atoms with Gasteiger partial charge in [-0.3, -0.25) is 4.79 Å². The molecule has 0 atom stereocenters. The Labute approximate surface area is 126 Å². The number of nitrogens with one attached hydrogen (secondary N) is 2. The summed E-state index contributed by atoms with van der Waals surface area (Å²) in [6, 6.07) is 10.1. The molecule has 2 aromatic rings. The molecule has 0 unspecified atom stereocenters. The zero-order valence-electron chi connectivity index (χ0n) is 12.9. The fourth-order valence-corrected chi connectivity index (χ4v) is 2.35. The SMILES string of the molecule is CCCn1cccc1CNc1cc(NC(C)=O)ccc1C. The second-order valence-corrected chi connectivity index (χ2v) is 5.26. The molecule has 0 fully saturated rings. The topological polar surface area (TPSA) is 46.1 Å². The highest BCUT2D eigenvalue weighted by atomic mass is 16.1. The molecular weight excluding hydrogens is 262 g/mol. The number of benzene rings is 1. The van der Waals surface area contributed by atoms with Crippen molar-refractivity contribution >= 4 is 17.3 Å². The molecule has 0 aliphatic carbocycles. The number of aryl methyl sites for hydroxylation is 2. The van der Waals surface area contributed by atoms with Crippen molar-refractivity contribution in [1.29, 1.82) is 0 Å². The Kier molecular flexibility index (Phi) is 5.04. The number of amides is 1. The minimum absolute atomic E-state index is 0.0541. The zero-order chi connectivity index (χ0) is 15.2. The van der Waals surface area contributed by atoms with Crippen molar-refractivity contribution in [2.45, 2.75) is 40.3 Å². The van der Waals surface area contributed by atoms with Gasteiger partial charge in [0.25, 0.3) is 0 Å². The van der Waals surface area contributed by atoms with E-state index in [0.717, 1.165) is 36.4 Å². The second kappa shape index (κ2) is 6.97. The summed E-state index contributed by atoms with van der Waals surface area (Å²) in [5.41, 5.74) is 4.30. The predicted octanol–water partition coefficient (Wildman–Crippen LogP) is 3.78. The van der Waals surface area contributed by atoms with Gasteiger partial charge in [0.2, 0.25) is 5.91 Å². The van der Waals surface area contributed by atoms with Crippen LogP contribution in [0.5, 0.6) is 0 Å². The fraction of sp³-hybridized carbons (Fsp3) is 0.353. The van der Waals surface area contributed by atoms with Gasteiger partial charge in [0, 0.05) is 36.7 Å². The molecule has 0 saturated heterocycles. The van der Waals surface area contributed by atoms with Gasteiger partial charge in [0.15, 0.2) is 0 Å². The third-order valence-electron chi connectivity index (χ3n) is 3.41. The van der Waals surface area contributed by atoms with E-state index in [1.165, 1.54) is 12.6 Å². The lowest BCUT2D eigenvalue weighted by atomic mass is 10.1. The molecule has 0 aliphatic rings. The van der Waals surface area contributed by atoms with Gasteiger partial charge in [-0.15, -0.1) is 0 Å². The summed E-state index contributed by atoms with van der Waals surface area (Å²) in [6.45, 7) is 7.57. The largest absolute Gasteiger partial charge is 0.379 e. The number of anilines is 2. The van der Waals surface area contributed by atoms with Crippen LogP contribution in [0.1, 0.15) is 31.5 Å². The van der Waals surface area contributed by atoms with Crippen LogP contribution in [-0.4, -0.2) is 10.5 Å². The van der Waals surface area contributed by atoms with Crippen molar-refractivity contribution in [1.82, 2.24) is 4.57 Å². The molecule has 0 spiro atoms. The Morgan fingerprint density at radius 3 is 2.81 bits per heavy atom. The Morgan fingerprint density at radius 2 is 2.10 bits per heavy atom. The number of hydrogen-bond donors (Lipinski definition) is 2. The van der Waals surface area contributed by atoms with Crippen LogP contribution >= 0.6 is 0 Å². The second-order valence-electron chi connectivity index (χ2n) is 5.26. The molecule has 1 aromatic carbocycles. The quantitative estimate of drug-likeness (QED) is 0.848. The molecular formula is C17H23N3O. The molecule has 1 heterocycles. The molecule has 1 amide bonds. The van der Waals surface area contributed by atoms with Crippen molar-refractivity contribution in [3.8, 4) is 0 Å². The molecule has 0 saturated carbocycles. The van der Waals surface area contributed by atoms with E-state index in [4.69, 9.17) is 0 Å². The van der Waals surface area contributed by atoms with Crippen LogP contribution < -0.4 is 10.6 Å². The number of carbonyl (C=O) groups excluding carboxylic acids is 1. The van der Waals surface area contributed by atoms with Crippen molar-refractivity contribution in [3.63, 3.8) is 0 Å². The van der Waals surface area contributed by atoms with Crippen molar-refractivity contribution in [3.05, 3.63) is 47.8 Å². The highest BCUT2D eigenvalue weighted by molar-refractivity contribution is 5.89. The monoisotopic (exact) mass is 285 g/mol. The summed E-state index contributed by atoms with van der Waals surface area (Å²) in [6.07, 6.45) is 3.24. The molecule has 4 nitrogen and oxygen atoms in total. The molecule has 0 bridgehead atoms. The van der Waals surface area contributed by atoms with E-state index >= 15 is 0 Å². The number of rotatable bonds is 6. The lowest BCUT2D eigenvalue weighted by molar-refractivity contribution is -0.114. The zero-order valence-corrected chi connectivity index (χ0v) is 12.9. The minimum atomic E-state index is -0.0541. The van der Waals surface area contributed by atoms with E-state index in [1.807, 2.05) is 18.2 Å². The summed E-state index contributed by atoms with van der Waals surface area (Å²) < 4.78 is 2.26. The smallest absolute Gasteiger partial charge is 0.221 e. The minimum Gasteiger partial charge on any atom is -0.379 e. The third kappa shape index (κ3) is 4.12. The maximum absolute atomic E-state index is 11.1. The van der Waals surface area contributed by atoms with Gasteiger partial charge in [-0.2, -0.15) is 0 Å². The average Bonchev–Trinajstić information content (AvgIpc) is 2.87. The third-order valence-corrected chi connectivity index (χ3v) is 3.41. The maximum Gasteiger partial charge on any atom is 0.221 e. The molecule has 112 valence electrons. The number of aromatic nitrogens is 1. The molecule has 2 N–H and O–H groups in total. The molecule has 4 heteroatoms. The summed E-state index contributed by atoms with van der Waals surface area (Å²) in [7, 11) is 0. The lowest BCUT2D eigenvalue weighted by Crippen LogP contribution is -2.09. The van der Waals surface area contributed by atoms with Gasteiger partial charge in [0.05, 0.1) is 6.54 Å². The van der Waals surface area contributed by atoms with Crippen LogP contribution in [0.25, 0.3) is 0 Å². The summed E-state index contributed by atoms with van der Waals surface area (Å²) >= 11 is 0. The summed E-state index contributed by atoms with van der Waals surface area (Å²) in [4.78, 5) is 11.1. The normalized spacial score (nSPS) is 10.4. The molecule has 21 heavy (non-hydrogen) atoms. The van der Waals surface area contributed by atoms with Gasteiger partial charge >= 0.3 is 0 Å². The predicted molar refractivity (Wildman–Crippen MR) is 87.5 cm³/mol. The van der Waals surface area contributed by atoms with E-state index < -0.39 is 0 Å². The first-order valence-electron chi connectivity index (χ1n) is 7.36. The van der Waals surface area contributed by atoms with Crippen LogP contribution in [0.2, 0.25) is 0 Å². The van der Waals surface area contributed by atoms with Gasteiger partial charge in [-0.05, 0) is 43.2 Å². The van der Waals surface area contributed by atoms with Crippen LogP contribution in [-0.2, 0) is 17.9 Å². The van der Waals surface area contributed by atoms with Gasteiger partial charge in [-0.25, -0.2) is 0 Å². The van der Waals surface area contributed by atoms with E-state index in [9.17, 15) is 4.79 Å². The molecule has 2 rings (SSSR count). The van der Waals surface area contributed by atoms with Gasteiger partial charge in [0.1, 0.15) is 0 Å². The van der Waals surface area contributed by atoms with Gasteiger partial charge < -0.3 is 15.2 Å². The van der Waals surface area contributed by atoms with Crippen LogP contribution in [0, 0.1) is 6.92 Å². The highest BCUT2D eigenvalue weighted by Crippen LogP contribution is 2.21. The molecule has 0 aliphatic heterocycles. The summed E-state index contributed by atoms with van der Waals surface area (Å²) in [5.74, 6) is -0.0541. The molecule has 1 aromatic heterocycles. The van der Waals surface area contributed by atoms with Gasteiger partial charge in [-0.1, -0.05) is 13.0 Å². The highest BCUT2D eigenvalue weighted by Gasteiger charge is 2.04. The molecule has 0 radical (unpaired) electrons. The Bertz CT molecular complexity index is 616. The van der Waals surface area contributed by atoms with Crippen LogP contribution in [0.3, 0.4) is 0 Å². The Hall–Kier alpha value is -2.23. The Morgan fingerprint density at radius 1 is 1.29 bits per heavy atom. The Balaban J connectivity index is 2.08. The van der Waals surface area contributed by atoms with Crippen molar-refractivity contribution < 1.29 is 4.79 Å². The van der Waals surface area contributed by atoms with Crippen molar-refractivity contribution in [2.24, 2.45) is 0 Å².